The molecule has 2 aromatic rings. The Hall–Kier alpha value is -1.29. The number of carbonyl (C=O) groups is 1. The lowest BCUT2D eigenvalue weighted by Crippen LogP contribution is -2.06. The Bertz CT molecular complexity index is 644. The fraction of sp³-hybridized carbons (Fsp3) is 0.0769. The van der Waals surface area contributed by atoms with Gasteiger partial charge in [0.25, 0.3) is 0 Å². The van der Waals surface area contributed by atoms with Gasteiger partial charge < -0.3 is 4.74 Å². The topological polar surface area (TPSA) is 39.2 Å². The molecule has 98 valence electrons. The Balaban J connectivity index is 2.64. The molecule has 0 atom stereocenters. The van der Waals surface area contributed by atoms with Gasteiger partial charge in [0.15, 0.2) is 5.69 Å². The second-order valence-electron chi connectivity index (χ2n) is 3.65. The van der Waals surface area contributed by atoms with Gasteiger partial charge in [0.1, 0.15) is 5.15 Å². The first-order valence-electron chi connectivity index (χ1n) is 5.23. The summed E-state index contributed by atoms with van der Waals surface area (Å²) in [7, 11) is 1.28. The van der Waals surface area contributed by atoms with E-state index in [9.17, 15) is 4.79 Å². The first-order valence-corrected chi connectivity index (χ1v) is 6.36. The Morgan fingerprint density at radius 1 is 1.11 bits per heavy atom. The second kappa shape index (κ2) is 5.78. The van der Waals surface area contributed by atoms with Crippen LogP contribution in [0.15, 0.2) is 30.3 Å². The maximum atomic E-state index is 11.7. The average molecular weight is 317 g/mol. The van der Waals surface area contributed by atoms with Crippen LogP contribution < -0.4 is 0 Å². The van der Waals surface area contributed by atoms with E-state index in [4.69, 9.17) is 34.8 Å². The summed E-state index contributed by atoms with van der Waals surface area (Å²) in [5, 5.41) is 1.13. The van der Waals surface area contributed by atoms with Gasteiger partial charge in [0.2, 0.25) is 0 Å². The SMILES string of the molecule is COC(=O)c1nc(Cl)ccc1-c1ccc(Cl)cc1Cl. The minimum absolute atomic E-state index is 0.110. The van der Waals surface area contributed by atoms with Gasteiger partial charge in [-0.1, -0.05) is 40.9 Å². The van der Waals surface area contributed by atoms with E-state index in [1.54, 1.807) is 30.3 Å². The molecule has 1 heterocycles. The third kappa shape index (κ3) is 3.00. The quantitative estimate of drug-likeness (QED) is 0.605. The van der Waals surface area contributed by atoms with Gasteiger partial charge in [0.05, 0.1) is 7.11 Å². The van der Waals surface area contributed by atoms with E-state index in [1.165, 1.54) is 7.11 Å². The number of nitrogens with zero attached hydrogens (tertiary/aromatic N) is 1. The Kier molecular flexibility index (Phi) is 4.30. The van der Waals surface area contributed by atoms with Crippen molar-refractivity contribution >= 4 is 40.8 Å². The number of aromatic nitrogens is 1. The Morgan fingerprint density at radius 2 is 1.79 bits per heavy atom. The first-order chi connectivity index (χ1) is 9.02. The monoisotopic (exact) mass is 315 g/mol. The molecule has 0 radical (unpaired) electrons. The zero-order valence-electron chi connectivity index (χ0n) is 9.78. The van der Waals surface area contributed by atoms with E-state index in [1.807, 2.05) is 0 Å². The lowest BCUT2D eigenvalue weighted by atomic mass is 10.0. The number of ether oxygens (including phenoxy) is 1. The summed E-state index contributed by atoms with van der Waals surface area (Å²) in [5.74, 6) is -0.580. The number of carbonyl (C=O) groups excluding carboxylic acids is 1. The predicted octanol–water partition coefficient (Wildman–Crippen LogP) is 4.50. The van der Waals surface area contributed by atoms with Gasteiger partial charge in [-0.2, -0.15) is 0 Å². The van der Waals surface area contributed by atoms with Gasteiger partial charge in [-0.25, -0.2) is 9.78 Å². The molecule has 1 aromatic carbocycles. The van der Waals surface area contributed by atoms with Gasteiger partial charge >= 0.3 is 5.97 Å². The molecule has 0 amide bonds. The molecule has 0 N–H and O–H groups in total. The average Bonchev–Trinajstić information content (AvgIpc) is 2.38. The standard InChI is InChI=1S/C13H8Cl3NO2/c1-19-13(18)12-9(4-5-11(16)17-12)8-3-2-7(14)6-10(8)15/h2-6H,1H3. The molecular formula is C13H8Cl3NO2. The number of esters is 1. The summed E-state index contributed by atoms with van der Waals surface area (Å²) in [5.41, 5.74) is 1.28. The minimum Gasteiger partial charge on any atom is -0.464 e. The number of rotatable bonds is 2. The fourth-order valence-corrected chi connectivity index (χ4v) is 2.27. The number of pyridine rings is 1. The highest BCUT2D eigenvalue weighted by atomic mass is 35.5. The number of halogens is 3. The molecule has 0 aliphatic carbocycles. The van der Waals surface area contributed by atoms with Crippen LogP contribution >= 0.6 is 34.8 Å². The van der Waals surface area contributed by atoms with Crippen LogP contribution in [0.2, 0.25) is 15.2 Å². The van der Waals surface area contributed by atoms with Crippen LogP contribution in [0, 0.1) is 0 Å². The van der Waals surface area contributed by atoms with Gasteiger partial charge in [-0.15, -0.1) is 0 Å². The third-order valence-electron chi connectivity index (χ3n) is 2.46. The number of hydrogen-bond acceptors (Lipinski definition) is 3. The lowest BCUT2D eigenvalue weighted by molar-refractivity contribution is 0.0595. The summed E-state index contributed by atoms with van der Waals surface area (Å²) in [6.07, 6.45) is 0. The number of methoxy groups -OCH3 is 1. The van der Waals surface area contributed by atoms with E-state index in [2.05, 4.69) is 9.72 Å². The van der Waals surface area contributed by atoms with Gasteiger partial charge in [0, 0.05) is 21.2 Å². The number of benzene rings is 1. The van der Waals surface area contributed by atoms with E-state index in [0.29, 0.717) is 21.2 Å². The third-order valence-corrected chi connectivity index (χ3v) is 3.22. The molecule has 0 fully saturated rings. The van der Waals surface area contributed by atoms with Crippen LogP contribution in [0.4, 0.5) is 0 Å². The zero-order chi connectivity index (χ0) is 14.0. The van der Waals surface area contributed by atoms with Crippen LogP contribution in [0.5, 0.6) is 0 Å². The van der Waals surface area contributed by atoms with E-state index >= 15 is 0 Å². The maximum absolute atomic E-state index is 11.7. The summed E-state index contributed by atoms with van der Waals surface area (Å²) < 4.78 is 4.69. The van der Waals surface area contributed by atoms with Crippen molar-refractivity contribution in [3.05, 3.63) is 51.2 Å². The van der Waals surface area contributed by atoms with Gasteiger partial charge in [-0.3, -0.25) is 0 Å². The molecule has 0 aliphatic rings. The molecule has 3 nitrogen and oxygen atoms in total. The molecule has 1 aromatic heterocycles. The van der Waals surface area contributed by atoms with E-state index in [0.717, 1.165) is 0 Å². The Labute approximate surface area is 125 Å². The van der Waals surface area contributed by atoms with Crippen LogP contribution in [-0.4, -0.2) is 18.1 Å². The molecular weight excluding hydrogens is 309 g/mol. The van der Waals surface area contributed by atoms with Crippen LogP contribution in [0.1, 0.15) is 10.5 Å². The molecule has 0 saturated heterocycles. The van der Waals surface area contributed by atoms with Crippen molar-refractivity contribution < 1.29 is 9.53 Å². The summed E-state index contributed by atoms with van der Waals surface area (Å²) >= 11 is 17.8. The van der Waals surface area contributed by atoms with Crippen molar-refractivity contribution in [2.75, 3.05) is 7.11 Å². The number of hydrogen-bond donors (Lipinski definition) is 0. The van der Waals surface area contributed by atoms with Crippen molar-refractivity contribution in [2.24, 2.45) is 0 Å². The van der Waals surface area contributed by atoms with Gasteiger partial charge in [-0.05, 0) is 24.3 Å². The smallest absolute Gasteiger partial charge is 0.357 e. The molecule has 6 heteroatoms. The summed E-state index contributed by atoms with van der Waals surface area (Å²) in [6, 6.07) is 8.22. The molecule has 0 aliphatic heterocycles. The second-order valence-corrected chi connectivity index (χ2v) is 4.88. The molecule has 19 heavy (non-hydrogen) atoms. The fourth-order valence-electron chi connectivity index (χ4n) is 1.61. The van der Waals surface area contributed by atoms with Crippen LogP contribution in [0.3, 0.4) is 0 Å². The summed E-state index contributed by atoms with van der Waals surface area (Å²) in [6.45, 7) is 0. The van der Waals surface area contributed by atoms with E-state index < -0.39 is 5.97 Å². The lowest BCUT2D eigenvalue weighted by Gasteiger charge is -2.09. The summed E-state index contributed by atoms with van der Waals surface area (Å²) in [4.78, 5) is 15.7. The Morgan fingerprint density at radius 3 is 2.42 bits per heavy atom. The van der Waals surface area contributed by atoms with Crippen molar-refractivity contribution in [1.29, 1.82) is 0 Å². The normalized spacial score (nSPS) is 10.3. The van der Waals surface area contributed by atoms with E-state index in [-0.39, 0.29) is 10.8 Å². The van der Waals surface area contributed by atoms with Crippen molar-refractivity contribution in [2.45, 2.75) is 0 Å². The highest BCUT2D eigenvalue weighted by Crippen LogP contribution is 2.32. The predicted molar refractivity (Wildman–Crippen MR) is 76.0 cm³/mol. The zero-order valence-corrected chi connectivity index (χ0v) is 12.1. The maximum Gasteiger partial charge on any atom is 0.357 e. The van der Waals surface area contributed by atoms with Crippen LogP contribution in [-0.2, 0) is 4.74 Å². The van der Waals surface area contributed by atoms with Crippen molar-refractivity contribution in [1.82, 2.24) is 4.98 Å². The molecule has 0 saturated carbocycles. The van der Waals surface area contributed by atoms with Crippen molar-refractivity contribution in [3.8, 4) is 11.1 Å². The van der Waals surface area contributed by atoms with Crippen molar-refractivity contribution in [3.63, 3.8) is 0 Å². The highest BCUT2D eigenvalue weighted by molar-refractivity contribution is 6.36. The van der Waals surface area contributed by atoms with Crippen LogP contribution in [0.25, 0.3) is 11.1 Å². The molecule has 0 bridgehead atoms. The largest absolute Gasteiger partial charge is 0.464 e. The molecule has 2 rings (SSSR count). The molecule has 0 unspecified atom stereocenters. The minimum atomic E-state index is -0.580. The first kappa shape index (κ1) is 14.1. The molecule has 0 spiro atoms. The highest BCUT2D eigenvalue weighted by Gasteiger charge is 2.17.